The number of hydrogen-bond acceptors (Lipinski definition) is 6. The van der Waals surface area contributed by atoms with E-state index in [2.05, 4.69) is 10.6 Å². The van der Waals surface area contributed by atoms with Gasteiger partial charge in [0.05, 0.1) is 0 Å². The predicted molar refractivity (Wildman–Crippen MR) is 48.2 cm³/mol. The van der Waals surface area contributed by atoms with Gasteiger partial charge < -0.3 is 31.1 Å². The summed E-state index contributed by atoms with van der Waals surface area (Å²) in [5.74, 6) is -3.54. The van der Waals surface area contributed by atoms with E-state index >= 15 is 0 Å². The molecule has 0 spiro atoms. The Labute approximate surface area is 85.5 Å². The maximum atomic E-state index is 9.77. The first kappa shape index (κ1) is 13.8. The van der Waals surface area contributed by atoms with Crippen molar-refractivity contribution in [3.05, 3.63) is 0 Å². The first-order chi connectivity index (χ1) is 6.96. The summed E-state index contributed by atoms with van der Waals surface area (Å²) < 4.78 is 0. The van der Waals surface area contributed by atoms with Crippen LogP contribution in [-0.2, 0) is 9.59 Å². The van der Waals surface area contributed by atoms with E-state index in [9.17, 15) is 9.59 Å². The quantitative estimate of drug-likeness (QED) is 0.297. The molecule has 2 atom stereocenters. The largest absolute Gasteiger partial charge is 0.479 e. The minimum absolute atomic E-state index is 1.00. The van der Waals surface area contributed by atoms with Crippen LogP contribution in [-0.4, -0.2) is 64.3 Å². The van der Waals surface area contributed by atoms with Crippen LogP contribution in [0.1, 0.15) is 0 Å². The van der Waals surface area contributed by atoms with E-state index in [-0.39, 0.29) is 0 Å². The molecule has 1 aliphatic rings. The average molecular weight is 222 g/mol. The monoisotopic (exact) mass is 222 g/mol. The highest BCUT2D eigenvalue weighted by atomic mass is 16.4. The van der Waals surface area contributed by atoms with E-state index in [0.29, 0.717) is 0 Å². The molecule has 0 aliphatic carbocycles. The molecule has 88 valence electrons. The molecule has 1 heterocycles. The summed E-state index contributed by atoms with van der Waals surface area (Å²) in [5.41, 5.74) is 0. The van der Waals surface area contributed by atoms with Crippen molar-refractivity contribution >= 4 is 11.9 Å². The zero-order valence-corrected chi connectivity index (χ0v) is 7.88. The summed E-state index contributed by atoms with van der Waals surface area (Å²) >= 11 is 0. The molecule has 0 aromatic heterocycles. The van der Waals surface area contributed by atoms with Crippen molar-refractivity contribution in [2.45, 2.75) is 12.2 Å². The van der Waals surface area contributed by atoms with Crippen LogP contribution in [0.3, 0.4) is 0 Å². The molecule has 1 fully saturated rings. The van der Waals surface area contributed by atoms with Crippen molar-refractivity contribution in [1.82, 2.24) is 10.6 Å². The van der Waals surface area contributed by atoms with Crippen LogP contribution in [0, 0.1) is 0 Å². The molecular weight excluding hydrogens is 208 g/mol. The molecule has 1 saturated heterocycles. The number of aliphatic carboxylic acids is 2. The van der Waals surface area contributed by atoms with Gasteiger partial charge in [0.25, 0.3) is 0 Å². The maximum Gasteiger partial charge on any atom is 0.335 e. The summed E-state index contributed by atoms with van der Waals surface area (Å²) in [5, 5.41) is 38.7. The lowest BCUT2D eigenvalue weighted by molar-refractivity contribution is -0.165. The molecule has 1 aliphatic heterocycles. The Morgan fingerprint density at radius 2 is 1.27 bits per heavy atom. The summed E-state index contributed by atoms with van der Waals surface area (Å²) in [6, 6.07) is 0. The molecular formula is C7H14N2O6. The van der Waals surface area contributed by atoms with Gasteiger partial charge in [0.2, 0.25) is 0 Å². The fraction of sp³-hybridized carbons (Fsp3) is 0.714. The minimum Gasteiger partial charge on any atom is -0.479 e. The standard InChI is InChI=1S/C4H6O6.C3H8N2/c5-1(3(7)8)2(6)4(9)10;1-2-5-3-4-1/h1-2,5-6H,(H,7,8)(H,9,10);4-5H,1-3H2/t1-,2-;/m1./s1. The molecule has 0 bridgehead atoms. The number of carboxylic acid groups (broad SMARTS) is 2. The van der Waals surface area contributed by atoms with Gasteiger partial charge in [-0.25, -0.2) is 9.59 Å². The highest BCUT2D eigenvalue weighted by molar-refractivity contribution is 5.83. The SMILES string of the molecule is C1CNCN1.O=C(O)[C@H](O)[C@@H](O)C(=O)O. The Kier molecular flexibility index (Phi) is 6.54. The van der Waals surface area contributed by atoms with E-state index in [1.807, 2.05) is 0 Å². The van der Waals surface area contributed by atoms with Gasteiger partial charge in [-0.1, -0.05) is 0 Å². The third kappa shape index (κ3) is 5.96. The van der Waals surface area contributed by atoms with Gasteiger partial charge in [-0.2, -0.15) is 0 Å². The summed E-state index contributed by atoms with van der Waals surface area (Å²) in [6.07, 6.45) is -4.53. The smallest absolute Gasteiger partial charge is 0.335 e. The van der Waals surface area contributed by atoms with Crippen molar-refractivity contribution in [3.63, 3.8) is 0 Å². The third-order valence-electron chi connectivity index (χ3n) is 1.53. The van der Waals surface area contributed by atoms with Gasteiger partial charge in [0, 0.05) is 19.8 Å². The van der Waals surface area contributed by atoms with Crippen molar-refractivity contribution in [1.29, 1.82) is 0 Å². The molecule has 0 unspecified atom stereocenters. The predicted octanol–water partition coefficient (Wildman–Crippen LogP) is -2.99. The number of aliphatic hydroxyl groups is 2. The van der Waals surface area contributed by atoms with Crippen LogP contribution in [0.4, 0.5) is 0 Å². The number of nitrogens with one attached hydrogen (secondary N) is 2. The van der Waals surface area contributed by atoms with Crippen LogP contribution >= 0.6 is 0 Å². The summed E-state index contributed by atoms with van der Waals surface area (Å²) in [4.78, 5) is 19.5. The van der Waals surface area contributed by atoms with Gasteiger partial charge in [-0.3, -0.25) is 0 Å². The Morgan fingerprint density at radius 3 is 1.40 bits per heavy atom. The number of rotatable bonds is 3. The van der Waals surface area contributed by atoms with Crippen LogP contribution < -0.4 is 10.6 Å². The molecule has 8 nitrogen and oxygen atoms in total. The molecule has 0 amide bonds. The highest BCUT2D eigenvalue weighted by Gasteiger charge is 2.29. The number of hydrogen-bond donors (Lipinski definition) is 6. The number of carbonyl (C=O) groups is 2. The molecule has 0 saturated carbocycles. The minimum atomic E-state index is -2.27. The second kappa shape index (κ2) is 7.12. The topological polar surface area (TPSA) is 139 Å². The van der Waals surface area contributed by atoms with Crippen LogP contribution in [0.15, 0.2) is 0 Å². The van der Waals surface area contributed by atoms with Crippen molar-refractivity contribution in [2.75, 3.05) is 19.8 Å². The lowest BCUT2D eigenvalue weighted by atomic mass is 10.2. The van der Waals surface area contributed by atoms with Gasteiger partial charge in [-0.15, -0.1) is 0 Å². The molecule has 0 aromatic carbocycles. The molecule has 8 heteroatoms. The molecule has 0 radical (unpaired) electrons. The lowest BCUT2D eigenvalue weighted by Gasteiger charge is -2.07. The van der Waals surface area contributed by atoms with Crippen LogP contribution in [0.2, 0.25) is 0 Å². The van der Waals surface area contributed by atoms with E-state index in [0.717, 1.165) is 19.8 Å². The summed E-state index contributed by atoms with van der Waals surface area (Å²) in [7, 11) is 0. The zero-order chi connectivity index (χ0) is 11.8. The molecule has 15 heavy (non-hydrogen) atoms. The third-order valence-corrected chi connectivity index (χ3v) is 1.53. The Balaban J connectivity index is 0.000000322. The fourth-order valence-electron chi connectivity index (χ4n) is 0.712. The number of carboxylic acids is 2. The second-order valence-electron chi connectivity index (χ2n) is 2.74. The van der Waals surface area contributed by atoms with Crippen molar-refractivity contribution < 1.29 is 30.0 Å². The molecule has 0 aromatic rings. The van der Waals surface area contributed by atoms with E-state index in [1.165, 1.54) is 0 Å². The van der Waals surface area contributed by atoms with E-state index in [4.69, 9.17) is 20.4 Å². The zero-order valence-electron chi connectivity index (χ0n) is 7.88. The average Bonchev–Trinajstić information content (AvgIpc) is 2.73. The highest BCUT2D eigenvalue weighted by Crippen LogP contribution is 1.92. The van der Waals surface area contributed by atoms with Gasteiger partial charge >= 0.3 is 11.9 Å². The second-order valence-corrected chi connectivity index (χ2v) is 2.74. The normalized spacial score (nSPS) is 18.5. The first-order valence-electron chi connectivity index (χ1n) is 4.20. The molecule has 6 N–H and O–H groups in total. The van der Waals surface area contributed by atoms with Crippen molar-refractivity contribution in [2.24, 2.45) is 0 Å². The van der Waals surface area contributed by atoms with Crippen molar-refractivity contribution in [3.8, 4) is 0 Å². The lowest BCUT2D eigenvalue weighted by Crippen LogP contribution is -2.39. The Morgan fingerprint density at radius 1 is 0.933 bits per heavy atom. The first-order valence-corrected chi connectivity index (χ1v) is 4.20. The Hall–Kier alpha value is -1.22. The van der Waals surface area contributed by atoms with Crippen LogP contribution in [0.25, 0.3) is 0 Å². The van der Waals surface area contributed by atoms with E-state index < -0.39 is 24.1 Å². The van der Waals surface area contributed by atoms with E-state index in [1.54, 1.807) is 0 Å². The molecule has 1 rings (SSSR count). The summed E-state index contributed by atoms with van der Waals surface area (Å²) in [6.45, 7) is 3.28. The van der Waals surface area contributed by atoms with Gasteiger partial charge in [-0.05, 0) is 0 Å². The van der Waals surface area contributed by atoms with Gasteiger partial charge in [0.15, 0.2) is 12.2 Å². The van der Waals surface area contributed by atoms with Gasteiger partial charge in [0.1, 0.15) is 0 Å². The fourth-order valence-corrected chi connectivity index (χ4v) is 0.712. The number of aliphatic hydroxyl groups excluding tert-OH is 2. The van der Waals surface area contributed by atoms with Crippen LogP contribution in [0.5, 0.6) is 0 Å². The Bertz CT molecular complexity index is 192. The maximum absolute atomic E-state index is 9.77.